The monoisotopic (exact) mass is 473 g/mol. The van der Waals surface area contributed by atoms with Crippen molar-refractivity contribution in [3.05, 3.63) is 54.1 Å². The van der Waals surface area contributed by atoms with E-state index in [2.05, 4.69) is 10.6 Å². The molecule has 0 bridgehead atoms. The number of sulfonamides is 1. The number of hydrogen-bond donors (Lipinski definition) is 2. The second kappa shape index (κ2) is 11.3. The number of piperidine rings is 1. The third kappa shape index (κ3) is 7.03. The molecule has 9 heteroatoms. The standard InChI is InChI=1S/C24H31N3O5S/c1-3-32-22-8-4-20(5-9-22)17-25-24(29)16-19-12-14-27(15-13-19)33(30,31)23-10-6-21(7-11-23)26-18(2)28/h4-11,19H,3,12-17H2,1-2H3,(H,25,29)(H,26,28). The molecule has 8 nitrogen and oxygen atoms in total. The van der Waals surface area contributed by atoms with Gasteiger partial charge in [-0.1, -0.05) is 12.1 Å². The number of nitrogens with one attached hydrogen (secondary N) is 2. The molecule has 2 amide bonds. The van der Waals surface area contributed by atoms with Gasteiger partial charge < -0.3 is 15.4 Å². The normalized spacial score (nSPS) is 15.1. The predicted octanol–water partition coefficient (Wildman–Crippen LogP) is 3.15. The van der Waals surface area contributed by atoms with Crippen LogP contribution < -0.4 is 15.4 Å². The Morgan fingerprint density at radius 2 is 1.67 bits per heavy atom. The van der Waals surface area contributed by atoms with Crippen LogP contribution in [0.4, 0.5) is 5.69 Å². The van der Waals surface area contributed by atoms with E-state index in [0.717, 1.165) is 11.3 Å². The molecule has 2 aromatic rings. The van der Waals surface area contributed by atoms with E-state index in [1.807, 2.05) is 31.2 Å². The van der Waals surface area contributed by atoms with Gasteiger partial charge in [0.15, 0.2) is 0 Å². The molecule has 0 spiro atoms. The van der Waals surface area contributed by atoms with Gasteiger partial charge in [-0.3, -0.25) is 9.59 Å². The van der Waals surface area contributed by atoms with Crippen molar-refractivity contribution in [2.24, 2.45) is 5.92 Å². The second-order valence-corrected chi connectivity index (χ2v) is 10.0. The number of ether oxygens (including phenoxy) is 1. The van der Waals surface area contributed by atoms with Crippen molar-refractivity contribution in [1.82, 2.24) is 9.62 Å². The molecular weight excluding hydrogens is 442 g/mol. The minimum absolute atomic E-state index is 0.0289. The van der Waals surface area contributed by atoms with Crippen LogP contribution in [0.25, 0.3) is 0 Å². The fraction of sp³-hybridized carbons (Fsp3) is 0.417. The second-order valence-electron chi connectivity index (χ2n) is 8.11. The van der Waals surface area contributed by atoms with Crippen molar-refractivity contribution >= 4 is 27.5 Å². The van der Waals surface area contributed by atoms with E-state index in [0.29, 0.717) is 51.2 Å². The lowest BCUT2D eigenvalue weighted by atomic mass is 9.94. The maximum Gasteiger partial charge on any atom is 0.243 e. The molecule has 2 N–H and O–H groups in total. The van der Waals surface area contributed by atoms with Crippen LogP contribution in [-0.2, 0) is 26.2 Å². The van der Waals surface area contributed by atoms with Crippen LogP contribution in [0, 0.1) is 5.92 Å². The molecule has 1 fully saturated rings. The number of nitrogens with zero attached hydrogens (tertiary/aromatic N) is 1. The highest BCUT2D eigenvalue weighted by Gasteiger charge is 2.30. The van der Waals surface area contributed by atoms with E-state index in [9.17, 15) is 18.0 Å². The summed E-state index contributed by atoms with van der Waals surface area (Å²) in [7, 11) is -3.60. The summed E-state index contributed by atoms with van der Waals surface area (Å²) in [6.07, 6.45) is 1.66. The summed E-state index contributed by atoms with van der Waals surface area (Å²) in [6, 6.07) is 13.8. The average Bonchev–Trinajstić information content (AvgIpc) is 2.79. The molecule has 0 aromatic heterocycles. The molecule has 0 unspecified atom stereocenters. The highest BCUT2D eigenvalue weighted by Crippen LogP contribution is 2.26. The summed E-state index contributed by atoms with van der Waals surface area (Å²) in [5.74, 6) is 0.715. The predicted molar refractivity (Wildman–Crippen MR) is 126 cm³/mol. The number of hydrogen-bond acceptors (Lipinski definition) is 5. The zero-order chi connectivity index (χ0) is 23.8. The van der Waals surface area contributed by atoms with E-state index in [1.54, 1.807) is 12.1 Å². The zero-order valence-electron chi connectivity index (χ0n) is 19.0. The molecule has 33 heavy (non-hydrogen) atoms. The van der Waals surface area contributed by atoms with Crippen molar-refractivity contribution in [2.45, 2.75) is 44.6 Å². The van der Waals surface area contributed by atoms with E-state index in [1.165, 1.54) is 23.4 Å². The van der Waals surface area contributed by atoms with Gasteiger partial charge in [0, 0.05) is 38.7 Å². The Morgan fingerprint density at radius 1 is 1.03 bits per heavy atom. The van der Waals surface area contributed by atoms with Crippen LogP contribution in [0.5, 0.6) is 5.75 Å². The van der Waals surface area contributed by atoms with Crippen molar-refractivity contribution < 1.29 is 22.7 Å². The van der Waals surface area contributed by atoms with Gasteiger partial charge in [0.1, 0.15) is 5.75 Å². The van der Waals surface area contributed by atoms with Crippen LogP contribution in [0.2, 0.25) is 0 Å². The van der Waals surface area contributed by atoms with Gasteiger partial charge in [-0.25, -0.2) is 8.42 Å². The van der Waals surface area contributed by atoms with Crippen LogP contribution >= 0.6 is 0 Å². The first-order valence-electron chi connectivity index (χ1n) is 11.1. The number of amides is 2. The quantitative estimate of drug-likeness (QED) is 0.582. The number of carbonyl (C=O) groups excluding carboxylic acids is 2. The minimum Gasteiger partial charge on any atom is -0.494 e. The first-order valence-corrected chi connectivity index (χ1v) is 12.6. The lowest BCUT2D eigenvalue weighted by molar-refractivity contribution is -0.122. The van der Waals surface area contributed by atoms with Gasteiger partial charge in [-0.2, -0.15) is 4.31 Å². The van der Waals surface area contributed by atoms with E-state index in [4.69, 9.17) is 4.74 Å². The molecule has 1 aliphatic rings. The highest BCUT2D eigenvalue weighted by molar-refractivity contribution is 7.89. The summed E-state index contributed by atoms with van der Waals surface area (Å²) >= 11 is 0. The van der Waals surface area contributed by atoms with Crippen molar-refractivity contribution in [3.8, 4) is 5.75 Å². The lowest BCUT2D eigenvalue weighted by Crippen LogP contribution is -2.39. The molecule has 3 rings (SSSR count). The first kappa shape index (κ1) is 24.7. The SMILES string of the molecule is CCOc1ccc(CNC(=O)CC2CCN(S(=O)(=O)c3ccc(NC(C)=O)cc3)CC2)cc1. The van der Waals surface area contributed by atoms with E-state index in [-0.39, 0.29) is 22.6 Å². The molecule has 2 aromatic carbocycles. The van der Waals surface area contributed by atoms with Crippen LogP contribution in [0.15, 0.2) is 53.4 Å². The Kier molecular flexibility index (Phi) is 8.46. The molecule has 178 valence electrons. The molecule has 1 heterocycles. The summed E-state index contributed by atoms with van der Waals surface area (Å²) < 4.78 is 32.7. The van der Waals surface area contributed by atoms with Gasteiger partial charge in [-0.15, -0.1) is 0 Å². The lowest BCUT2D eigenvalue weighted by Gasteiger charge is -2.31. The average molecular weight is 474 g/mol. The Balaban J connectivity index is 1.45. The zero-order valence-corrected chi connectivity index (χ0v) is 19.9. The number of rotatable bonds is 9. The van der Waals surface area contributed by atoms with Crippen LogP contribution in [0.3, 0.4) is 0 Å². The molecule has 0 aliphatic carbocycles. The van der Waals surface area contributed by atoms with Gasteiger partial charge in [0.05, 0.1) is 11.5 Å². The van der Waals surface area contributed by atoms with Gasteiger partial charge in [-0.05, 0) is 67.6 Å². The Morgan fingerprint density at radius 3 is 2.24 bits per heavy atom. The Bertz CT molecular complexity index is 1040. The molecule has 1 aliphatic heterocycles. The summed E-state index contributed by atoms with van der Waals surface area (Å²) in [5.41, 5.74) is 1.55. The molecule has 0 atom stereocenters. The fourth-order valence-corrected chi connectivity index (χ4v) is 5.29. The molecule has 1 saturated heterocycles. The number of carbonyl (C=O) groups is 2. The fourth-order valence-electron chi connectivity index (χ4n) is 3.82. The summed E-state index contributed by atoms with van der Waals surface area (Å²) in [4.78, 5) is 23.7. The van der Waals surface area contributed by atoms with Crippen LogP contribution in [0.1, 0.15) is 38.7 Å². The number of anilines is 1. The van der Waals surface area contributed by atoms with Gasteiger partial charge >= 0.3 is 0 Å². The molecular formula is C24H31N3O5S. The van der Waals surface area contributed by atoms with Crippen molar-refractivity contribution in [1.29, 1.82) is 0 Å². The van der Waals surface area contributed by atoms with E-state index >= 15 is 0 Å². The molecule has 0 saturated carbocycles. The topological polar surface area (TPSA) is 105 Å². The minimum atomic E-state index is -3.60. The Hall–Kier alpha value is -2.91. The van der Waals surface area contributed by atoms with E-state index < -0.39 is 10.0 Å². The summed E-state index contributed by atoms with van der Waals surface area (Å²) in [6.45, 7) is 5.16. The first-order chi connectivity index (χ1) is 15.8. The van der Waals surface area contributed by atoms with Gasteiger partial charge in [0.2, 0.25) is 21.8 Å². The third-order valence-electron chi connectivity index (χ3n) is 5.58. The van der Waals surface area contributed by atoms with Crippen molar-refractivity contribution in [3.63, 3.8) is 0 Å². The molecule has 0 radical (unpaired) electrons. The van der Waals surface area contributed by atoms with Crippen molar-refractivity contribution in [2.75, 3.05) is 25.0 Å². The largest absolute Gasteiger partial charge is 0.494 e. The Labute approximate surface area is 195 Å². The maximum absolute atomic E-state index is 12.9. The number of benzene rings is 2. The van der Waals surface area contributed by atoms with Gasteiger partial charge in [0.25, 0.3) is 0 Å². The third-order valence-corrected chi connectivity index (χ3v) is 7.50. The highest BCUT2D eigenvalue weighted by atomic mass is 32.2. The summed E-state index contributed by atoms with van der Waals surface area (Å²) in [5, 5.41) is 5.57. The smallest absolute Gasteiger partial charge is 0.243 e. The van der Waals surface area contributed by atoms with Crippen LogP contribution in [-0.4, -0.2) is 44.2 Å². The maximum atomic E-state index is 12.9.